The molecule has 3 heteroatoms. The first-order valence-electron chi connectivity index (χ1n) is 7.39. The first-order valence-corrected chi connectivity index (χ1v) is 7.76. The molecule has 0 bridgehead atoms. The van der Waals surface area contributed by atoms with E-state index in [9.17, 15) is 0 Å². The summed E-state index contributed by atoms with van der Waals surface area (Å²) in [5.74, 6) is 0.918. The van der Waals surface area contributed by atoms with Gasteiger partial charge in [0, 0.05) is 17.6 Å². The van der Waals surface area contributed by atoms with Crippen LogP contribution in [-0.2, 0) is 6.54 Å². The molecule has 0 N–H and O–H groups in total. The normalized spacial score (nSPS) is 18.9. The van der Waals surface area contributed by atoms with E-state index in [2.05, 4.69) is 29.2 Å². The molecule has 0 spiro atoms. The quantitative estimate of drug-likeness (QED) is 0.812. The summed E-state index contributed by atoms with van der Waals surface area (Å²) in [4.78, 5) is 2.55. The number of nitrogens with zero attached hydrogens (tertiary/aromatic N) is 1. The van der Waals surface area contributed by atoms with Crippen molar-refractivity contribution < 1.29 is 4.74 Å². The van der Waals surface area contributed by atoms with Crippen LogP contribution in [0.1, 0.15) is 30.0 Å². The van der Waals surface area contributed by atoms with E-state index in [1.165, 1.54) is 24.0 Å². The largest absolute Gasteiger partial charge is 0.497 e. The van der Waals surface area contributed by atoms with Crippen LogP contribution in [0, 0.1) is 0 Å². The van der Waals surface area contributed by atoms with Crippen LogP contribution >= 0.6 is 11.6 Å². The molecule has 0 radical (unpaired) electrons. The molecule has 1 heterocycles. The summed E-state index contributed by atoms with van der Waals surface area (Å²) in [6, 6.07) is 17.1. The molecule has 1 aliphatic heterocycles. The fraction of sp³-hybridized carbons (Fsp3) is 0.333. The van der Waals surface area contributed by atoms with Crippen molar-refractivity contribution in [3.8, 4) is 5.75 Å². The second-order valence-electron chi connectivity index (χ2n) is 5.53. The third kappa shape index (κ3) is 3.39. The van der Waals surface area contributed by atoms with Crippen LogP contribution in [0.2, 0.25) is 5.02 Å². The van der Waals surface area contributed by atoms with Crippen LogP contribution in [0.4, 0.5) is 0 Å². The molecule has 2 aromatic carbocycles. The van der Waals surface area contributed by atoms with Gasteiger partial charge in [0.05, 0.1) is 7.11 Å². The van der Waals surface area contributed by atoms with Gasteiger partial charge < -0.3 is 4.74 Å². The van der Waals surface area contributed by atoms with Crippen molar-refractivity contribution in [3.63, 3.8) is 0 Å². The molecule has 21 heavy (non-hydrogen) atoms. The van der Waals surface area contributed by atoms with Gasteiger partial charge in [-0.05, 0) is 54.8 Å². The third-order valence-electron chi connectivity index (χ3n) is 4.16. The fourth-order valence-electron chi connectivity index (χ4n) is 3.04. The summed E-state index contributed by atoms with van der Waals surface area (Å²) in [5.41, 5.74) is 2.70. The summed E-state index contributed by atoms with van der Waals surface area (Å²) in [6.45, 7) is 2.13. The Morgan fingerprint density at radius 2 is 1.81 bits per heavy atom. The van der Waals surface area contributed by atoms with Crippen molar-refractivity contribution in [1.29, 1.82) is 0 Å². The van der Waals surface area contributed by atoms with Crippen LogP contribution in [0.5, 0.6) is 5.75 Å². The standard InChI is InChI=1S/C18H20ClNO/c1-21-17-10-6-15(7-11-17)18-3-2-12-20(18)13-14-4-8-16(19)9-5-14/h4-11,18H,2-3,12-13H2,1H3. The molecule has 3 rings (SSSR count). The first-order chi connectivity index (χ1) is 10.3. The maximum Gasteiger partial charge on any atom is 0.118 e. The fourth-order valence-corrected chi connectivity index (χ4v) is 3.17. The predicted octanol–water partition coefficient (Wildman–Crippen LogP) is 4.69. The smallest absolute Gasteiger partial charge is 0.118 e. The van der Waals surface area contributed by atoms with Crippen molar-refractivity contribution >= 4 is 11.6 Å². The SMILES string of the molecule is COc1ccc(C2CCCN2Cc2ccc(Cl)cc2)cc1. The number of methoxy groups -OCH3 is 1. The summed E-state index contributed by atoms with van der Waals surface area (Å²) in [7, 11) is 1.71. The first kappa shape index (κ1) is 14.4. The second kappa shape index (κ2) is 6.50. The minimum Gasteiger partial charge on any atom is -0.497 e. The highest BCUT2D eigenvalue weighted by molar-refractivity contribution is 6.30. The number of likely N-dealkylation sites (tertiary alicyclic amines) is 1. The maximum atomic E-state index is 5.96. The Morgan fingerprint density at radius 1 is 1.10 bits per heavy atom. The Kier molecular flexibility index (Phi) is 4.47. The summed E-state index contributed by atoms with van der Waals surface area (Å²) in [6.07, 6.45) is 2.48. The van der Waals surface area contributed by atoms with E-state index in [0.29, 0.717) is 6.04 Å². The molecule has 1 aliphatic rings. The van der Waals surface area contributed by atoms with Crippen LogP contribution in [0.3, 0.4) is 0 Å². The average Bonchev–Trinajstić information content (AvgIpc) is 2.98. The van der Waals surface area contributed by atoms with Gasteiger partial charge in [0.25, 0.3) is 0 Å². The Bertz CT molecular complexity index is 579. The lowest BCUT2D eigenvalue weighted by Gasteiger charge is -2.25. The minimum absolute atomic E-state index is 0.506. The molecule has 0 amide bonds. The predicted molar refractivity (Wildman–Crippen MR) is 86.8 cm³/mol. The van der Waals surface area contributed by atoms with Crippen LogP contribution in [0.25, 0.3) is 0 Å². The Hall–Kier alpha value is -1.51. The highest BCUT2D eigenvalue weighted by Crippen LogP contribution is 2.33. The van der Waals surface area contributed by atoms with Crippen molar-refractivity contribution in [2.24, 2.45) is 0 Å². The van der Waals surface area contributed by atoms with Gasteiger partial charge >= 0.3 is 0 Å². The van der Waals surface area contributed by atoms with Gasteiger partial charge in [0.1, 0.15) is 5.75 Å². The topological polar surface area (TPSA) is 12.5 Å². The molecule has 0 aliphatic carbocycles. The van der Waals surface area contributed by atoms with Gasteiger partial charge in [-0.3, -0.25) is 4.90 Å². The molecule has 110 valence electrons. The van der Waals surface area contributed by atoms with Crippen LogP contribution in [-0.4, -0.2) is 18.6 Å². The summed E-state index contributed by atoms with van der Waals surface area (Å²) in [5, 5.41) is 0.798. The number of rotatable bonds is 4. The third-order valence-corrected chi connectivity index (χ3v) is 4.42. The van der Waals surface area contributed by atoms with Crippen molar-refractivity contribution in [1.82, 2.24) is 4.90 Å². The van der Waals surface area contributed by atoms with Gasteiger partial charge in [0.15, 0.2) is 0 Å². The zero-order valence-corrected chi connectivity index (χ0v) is 13.0. The lowest BCUT2D eigenvalue weighted by atomic mass is 10.0. The van der Waals surface area contributed by atoms with Crippen molar-refractivity contribution in [2.75, 3.05) is 13.7 Å². The highest BCUT2D eigenvalue weighted by atomic mass is 35.5. The van der Waals surface area contributed by atoms with E-state index in [4.69, 9.17) is 16.3 Å². The van der Waals surface area contributed by atoms with Crippen LogP contribution < -0.4 is 4.74 Å². The van der Waals surface area contributed by atoms with Crippen molar-refractivity contribution in [2.45, 2.75) is 25.4 Å². The lowest BCUT2D eigenvalue weighted by Crippen LogP contribution is -2.22. The summed E-state index contributed by atoms with van der Waals surface area (Å²) < 4.78 is 5.24. The van der Waals surface area contributed by atoms with Gasteiger partial charge in [-0.25, -0.2) is 0 Å². The highest BCUT2D eigenvalue weighted by Gasteiger charge is 2.25. The van der Waals surface area contributed by atoms with E-state index in [-0.39, 0.29) is 0 Å². The van der Waals surface area contributed by atoms with Gasteiger partial charge in [-0.1, -0.05) is 35.9 Å². The number of ether oxygens (including phenoxy) is 1. The molecule has 0 saturated carbocycles. The Morgan fingerprint density at radius 3 is 2.48 bits per heavy atom. The van der Waals surface area contributed by atoms with Gasteiger partial charge in [-0.2, -0.15) is 0 Å². The number of benzene rings is 2. The molecule has 1 atom stereocenters. The lowest BCUT2D eigenvalue weighted by molar-refractivity contribution is 0.248. The molecule has 2 aromatic rings. The molecular weight excluding hydrogens is 282 g/mol. The van der Waals surface area contributed by atoms with Crippen LogP contribution in [0.15, 0.2) is 48.5 Å². The molecule has 1 unspecified atom stereocenters. The maximum absolute atomic E-state index is 5.96. The van der Waals surface area contributed by atoms with E-state index >= 15 is 0 Å². The van der Waals surface area contributed by atoms with Gasteiger partial charge in [-0.15, -0.1) is 0 Å². The second-order valence-corrected chi connectivity index (χ2v) is 5.96. The zero-order valence-electron chi connectivity index (χ0n) is 12.3. The molecule has 1 saturated heterocycles. The van der Waals surface area contributed by atoms with E-state index in [1.807, 2.05) is 24.3 Å². The minimum atomic E-state index is 0.506. The Balaban J connectivity index is 1.73. The molecule has 2 nitrogen and oxygen atoms in total. The number of hydrogen-bond acceptors (Lipinski definition) is 2. The summed E-state index contributed by atoms with van der Waals surface area (Å²) >= 11 is 5.96. The molecule has 0 aromatic heterocycles. The number of halogens is 1. The number of hydrogen-bond donors (Lipinski definition) is 0. The Labute approximate surface area is 131 Å². The van der Waals surface area contributed by atoms with Gasteiger partial charge in [0.2, 0.25) is 0 Å². The molecule has 1 fully saturated rings. The monoisotopic (exact) mass is 301 g/mol. The van der Waals surface area contributed by atoms with E-state index in [1.54, 1.807) is 7.11 Å². The van der Waals surface area contributed by atoms with Crippen molar-refractivity contribution in [3.05, 3.63) is 64.7 Å². The average molecular weight is 302 g/mol. The zero-order chi connectivity index (χ0) is 14.7. The molecular formula is C18H20ClNO. The van der Waals surface area contributed by atoms with E-state index in [0.717, 1.165) is 23.9 Å². The van der Waals surface area contributed by atoms with E-state index < -0.39 is 0 Å².